The number of amides is 1. The van der Waals surface area contributed by atoms with E-state index in [1.54, 1.807) is 12.1 Å². The summed E-state index contributed by atoms with van der Waals surface area (Å²) < 4.78 is 5.82. The van der Waals surface area contributed by atoms with Crippen LogP contribution in [0.25, 0.3) is 11.5 Å². The van der Waals surface area contributed by atoms with E-state index in [0.717, 1.165) is 37.8 Å². The van der Waals surface area contributed by atoms with Gasteiger partial charge in [0.2, 0.25) is 17.7 Å². The summed E-state index contributed by atoms with van der Waals surface area (Å²) in [5.41, 5.74) is 0.790. The minimum atomic E-state index is -0.0974. The quantitative estimate of drug-likeness (QED) is 0.821. The fraction of sp³-hybridized carbons (Fsp3) is 0.471. The van der Waals surface area contributed by atoms with E-state index in [2.05, 4.69) is 17.1 Å². The zero-order chi connectivity index (χ0) is 16.2. The van der Waals surface area contributed by atoms with E-state index < -0.39 is 0 Å². The van der Waals surface area contributed by atoms with Gasteiger partial charge in [0.05, 0.1) is 0 Å². The first-order valence-electron chi connectivity index (χ1n) is 8.08. The molecule has 1 aromatic carbocycles. The molecule has 0 N–H and O–H groups in total. The van der Waals surface area contributed by atoms with Crippen molar-refractivity contribution in [2.75, 3.05) is 6.54 Å². The van der Waals surface area contributed by atoms with Crippen LogP contribution in [0.4, 0.5) is 0 Å². The zero-order valence-electron chi connectivity index (χ0n) is 13.2. The molecule has 1 amide bonds. The number of likely N-dealkylation sites (tertiary alicyclic amines) is 1. The maximum atomic E-state index is 12.3. The molecule has 0 spiro atoms. The molecule has 2 aromatic rings. The zero-order valence-corrected chi connectivity index (χ0v) is 13.9. The van der Waals surface area contributed by atoms with Crippen LogP contribution in [0.1, 0.15) is 51.0 Å². The smallest absolute Gasteiger partial charge is 0.247 e. The number of carbonyl (C=O) groups is 1. The molecule has 0 aliphatic carbocycles. The molecule has 5 nitrogen and oxygen atoms in total. The molecule has 1 aliphatic rings. The van der Waals surface area contributed by atoms with E-state index in [-0.39, 0.29) is 11.9 Å². The van der Waals surface area contributed by atoms with Crippen LogP contribution in [0.5, 0.6) is 0 Å². The average Bonchev–Trinajstić information content (AvgIpc) is 3.21. The minimum Gasteiger partial charge on any atom is -0.418 e. The van der Waals surface area contributed by atoms with Crippen LogP contribution in [0.2, 0.25) is 5.02 Å². The fourth-order valence-electron chi connectivity index (χ4n) is 2.90. The highest BCUT2D eigenvalue weighted by molar-refractivity contribution is 6.30. The second-order valence-electron chi connectivity index (χ2n) is 5.80. The molecular weight excluding hydrogens is 314 g/mol. The van der Waals surface area contributed by atoms with E-state index in [0.29, 0.717) is 23.2 Å². The summed E-state index contributed by atoms with van der Waals surface area (Å²) in [5, 5.41) is 8.90. The van der Waals surface area contributed by atoms with Crippen molar-refractivity contribution in [2.24, 2.45) is 0 Å². The van der Waals surface area contributed by atoms with E-state index in [9.17, 15) is 4.79 Å². The SMILES string of the molecule is CCCCC(=O)N1CCC[C@H]1c1nnc(-c2cccc(Cl)c2)o1. The molecule has 0 bridgehead atoms. The van der Waals surface area contributed by atoms with Crippen LogP contribution in [-0.4, -0.2) is 27.5 Å². The largest absolute Gasteiger partial charge is 0.418 e. The van der Waals surface area contributed by atoms with Gasteiger partial charge in [-0.3, -0.25) is 4.79 Å². The van der Waals surface area contributed by atoms with Gasteiger partial charge in [0.25, 0.3) is 0 Å². The molecular formula is C17H20ClN3O2. The van der Waals surface area contributed by atoms with E-state index in [4.69, 9.17) is 16.0 Å². The Bertz CT molecular complexity index is 686. The van der Waals surface area contributed by atoms with Crippen molar-refractivity contribution >= 4 is 17.5 Å². The van der Waals surface area contributed by atoms with Crippen molar-refractivity contribution in [3.05, 3.63) is 35.2 Å². The van der Waals surface area contributed by atoms with Gasteiger partial charge in [0, 0.05) is 23.6 Å². The van der Waals surface area contributed by atoms with Crippen LogP contribution >= 0.6 is 11.6 Å². The van der Waals surface area contributed by atoms with Crippen molar-refractivity contribution in [2.45, 2.75) is 45.1 Å². The topological polar surface area (TPSA) is 59.2 Å². The molecule has 122 valence electrons. The first-order valence-corrected chi connectivity index (χ1v) is 8.45. The third-order valence-corrected chi connectivity index (χ3v) is 4.35. The molecule has 1 saturated heterocycles. The number of nitrogens with zero attached hydrogens (tertiary/aromatic N) is 3. The number of aromatic nitrogens is 2. The number of halogens is 1. The summed E-state index contributed by atoms with van der Waals surface area (Å²) in [7, 11) is 0. The van der Waals surface area contributed by atoms with Crippen LogP contribution in [0.3, 0.4) is 0 Å². The molecule has 23 heavy (non-hydrogen) atoms. The summed E-state index contributed by atoms with van der Waals surface area (Å²) in [5.74, 6) is 1.13. The number of hydrogen-bond acceptors (Lipinski definition) is 4. The predicted molar refractivity (Wildman–Crippen MR) is 88.0 cm³/mol. The highest BCUT2D eigenvalue weighted by atomic mass is 35.5. The van der Waals surface area contributed by atoms with Crippen LogP contribution in [0.15, 0.2) is 28.7 Å². The maximum Gasteiger partial charge on any atom is 0.247 e. The summed E-state index contributed by atoms with van der Waals surface area (Å²) >= 11 is 6.00. The number of benzene rings is 1. The number of carbonyl (C=O) groups excluding carboxylic acids is 1. The standard InChI is InChI=1S/C17H20ClN3O2/c1-2-3-9-15(22)21-10-5-8-14(21)17-20-19-16(23-17)12-6-4-7-13(18)11-12/h4,6-7,11,14H,2-3,5,8-10H2,1H3/t14-/m0/s1. The normalized spacial score (nSPS) is 17.7. The van der Waals surface area contributed by atoms with Gasteiger partial charge in [-0.25, -0.2) is 0 Å². The first-order chi connectivity index (χ1) is 11.2. The van der Waals surface area contributed by atoms with Gasteiger partial charge in [-0.2, -0.15) is 0 Å². The highest BCUT2D eigenvalue weighted by Gasteiger charge is 2.33. The van der Waals surface area contributed by atoms with Crippen molar-refractivity contribution in [3.8, 4) is 11.5 Å². The molecule has 0 saturated carbocycles. The van der Waals surface area contributed by atoms with Crippen molar-refractivity contribution in [1.29, 1.82) is 0 Å². The van der Waals surface area contributed by atoms with Gasteiger partial charge in [-0.05, 0) is 37.5 Å². The lowest BCUT2D eigenvalue weighted by molar-refractivity contribution is -0.132. The van der Waals surface area contributed by atoms with Crippen LogP contribution < -0.4 is 0 Å². The molecule has 3 rings (SSSR count). The Kier molecular flexibility index (Phi) is 4.96. The van der Waals surface area contributed by atoms with E-state index in [1.165, 1.54) is 0 Å². The van der Waals surface area contributed by atoms with Crippen LogP contribution in [0, 0.1) is 0 Å². The van der Waals surface area contributed by atoms with Crippen molar-refractivity contribution in [3.63, 3.8) is 0 Å². The lowest BCUT2D eigenvalue weighted by Crippen LogP contribution is -2.30. The summed E-state index contributed by atoms with van der Waals surface area (Å²) in [6, 6.07) is 7.21. The summed E-state index contributed by atoms with van der Waals surface area (Å²) in [6.45, 7) is 2.85. The Labute approximate surface area is 140 Å². The van der Waals surface area contributed by atoms with Crippen molar-refractivity contribution < 1.29 is 9.21 Å². The molecule has 0 unspecified atom stereocenters. The molecule has 0 radical (unpaired) electrons. The average molecular weight is 334 g/mol. The highest BCUT2D eigenvalue weighted by Crippen LogP contribution is 2.33. The van der Waals surface area contributed by atoms with E-state index >= 15 is 0 Å². The third kappa shape index (κ3) is 3.55. The van der Waals surface area contributed by atoms with Gasteiger partial charge in [0.1, 0.15) is 6.04 Å². The monoisotopic (exact) mass is 333 g/mol. The number of hydrogen-bond donors (Lipinski definition) is 0. The summed E-state index contributed by atoms with van der Waals surface area (Å²) in [6.07, 6.45) is 4.36. The molecule has 1 aromatic heterocycles. The van der Waals surface area contributed by atoms with Crippen molar-refractivity contribution in [1.82, 2.24) is 15.1 Å². The second-order valence-corrected chi connectivity index (χ2v) is 6.24. The van der Waals surface area contributed by atoms with Gasteiger partial charge >= 0.3 is 0 Å². The predicted octanol–water partition coefficient (Wildman–Crippen LogP) is 4.24. The Morgan fingerprint density at radius 2 is 2.30 bits per heavy atom. The lowest BCUT2D eigenvalue weighted by Gasteiger charge is -2.21. The molecule has 1 atom stereocenters. The Morgan fingerprint density at radius 3 is 3.09 bits per heavy atom. The molecule has 2 heterocycles. The molecule has 1 fully saturated rings. The number of rotatable bonds is 5. The first kappa shape index (κ1) is 16.0. The van der Waals surface area contributed by atoms with Crippen LogP contribution in [-0.2, 0) is 4.79 Å². The molecule has 1 aliphatic heterocycles. The summed E-state index contributed by atoms with van der Waals surface area (Å²) in [4.78, 5) is 14.2. The maximum absolute atomic E-state index is 12.3. The lowest BCUT2D eigenvalue weighted by atomic mass is 10.2. The number of unbranched alkanes of at least 4 members (excludes halogenated alkanes) is 1. The van der Waals surface area contributed by atoms with Gasteiger partial charge < -0.3 is 9.32 Å². The van der Waals surface area contributed by atoms with Gasteiger partial charge in [-0.15, -0.1) is 10.2 Å². The van der Waals surface area contributed by atoms with Gasteiger partial charge in [-0.1, -0.05) is 31.0 Å². The Hall–Kier alpha value is -1.88. The Morgan fingerprint density at radius 1 is 1.43 bits per heavy atom. The third-order valence-electron chi connectivity index (χ3n) is 4.11. The van der Waals surface area contributed by atoms with E-state index in [1.807, 2.05) is 17.0 Å². The fourth-order valence-corrected chi connectivity index (χ4v) is 3.09. The molecule has 6 heteroatoms. The minimum absolute atomic E-state index is 0.0974. The Balaban J connectivity index is 1.78. The second kappa shape index (κ2) is 7.13. The van der Waals surface area contributed by atoms with Gasteiger partial charge in [0.15, 0.2) is 0 Å².